The second-order valence-corrected chi connectivity index (χ2v) is 8.49. The third-order valence-corrected chi connectivity index (χ3v) is 6.45. The van der Waals surface area contributed by atoms with Crippen LogP contribution in [0.2, 0.25) is 0 Å². The topological polar surface area (TPSA) is 109 Å². The van der Waals surface area contributed by atoms with Crippen molar-refractivity contribution in [1.82, 2.24) is 30.0 Å². The molecule has 2 saturated heterocycles. The predicted molar refractivity (Wildman–Crippen MR) is 117 cm³/mol. The van der Waals surface area contributed by atoms with Gasteiger partial charge in [0.2, 0.25) is 0 Å². The minimum Gasteiger partial charge on any atom is -0.507 e. The Kier molecular flexibility index (Phi) is 5.09. The van der Waals surface area contributed by atoms with Crippen molar-refractivity contribution in [2.75, 3.05) is 11.9 Å². The highest BCUT2D eigenvalue weighted by atomic mass is 19.1. The van der Waals surface area contributed by atoms with E-state index in [1.54, 1.807) is 31.3 Å². The number of nitrogens with zero attached hydrogens (tertiary/aromatic N) is 6. The van der Waals surface area contributed by atoms with E-state index in [4.69, 9.17) is 0 Å². The average Bonchev–Trinajstić information content (AvgIpc) is 3.21. The molecule has 2 bridgehead atoms. The number of fused-ring (bicyclic) bond motifs is 2. The molecule has 3 aromatic rings. The van der Waals surface area contributed by atoms with E-state index in [1.165, 1.54) is 17.0 Å². The first-order valence-corrected chi connectivity index (χ1v) is 10.6. The molecule has 9 nitrogen and oxygen atoms in total. The minimum atomic E-state index is -0.950. The largest absolute Gasteiger partial charge is 0.507 e. The summed E-state index contributed by atoms with van der Waals surface area (Å²) in [5.41, 5.74) is 1.06. The Morgan fingerprint density at radius 2 is 2.06 bits per heavy atom. The molecule has 0 spiro atoms. The van der Waals surface area contributed by atoms with Gasteiger partial charge in [0.1, 0.15) is 18.2 Å². The van der Waals surface area contributed by atoms with Crippen LogP contribution in [-0.4, -0.2) is 61.2 Å². The molecule has 1 aromatic carbocycles. The van der Waals surface area contributed by atoms with Gasteiger partial charge in [-0.2, -0.15) is 4.98 Å². The number of alkyl halides is 1. The smallest absolute Gasteiger partial charge is 0.350 e. The van der Waals surface area contributed by atoms with Crippen molar-refractivity contribution in [1.29, 1.82) is 0 Å². The molecule has 2 fully saturated rings. The highest BCUT2D eigenvalue weighted by Crippen LogP contribution is 2.34. The van der Waals surface area contributed by atoms with E-state index in [2.05, 4.69) is 25.5 Å². The fourth-order valence-electron chi connectivity index (χ4n) is 4.59. The van der Waals surface area contributed by atoms with Crippen molar-refractivity contribution in [3.8, 4) is 28.4 Å². The molecule has 0 unspecified atom stereocenters. The van der Waals surface area contributed by atoms with Crippen LogP contribution in [0, 0.1) is 0 Å². The highest BCUT2D eigenvalue weighted by molar-refractivity contribution is 5.72. The van der Waals surface area contributed by atoms with Gasteiger partial charge >= 0.3 is 5.69 Å². The van der Waals surface area contributed by atoms with Gasteiger partial charge in [0.05, 0.1) is 11.7 Å². The molecule has 10 heteroatoms. The Morgan fingerprint density at radius 3 is 2.78 bits per heavy atom. The second-order valence-electron chi connectivity index (χ2n) is 8.49. The van der Waals surface area contributed by atoms with Crippen LogP contribution in [0.25, 0.3) is 22.6 Å². The zero-order valence-corrected chi connectivity index (χ0v) is 17.8. The van der Waals surface area contributed by atoms with Crippen LogP contribution in [0.5, 0.6) is 5.75 Å². The Balaban J connectivity index is 1.37. The van der Waals surface area contributed by atoms with Gasteiger partial charge < -0.3 is 15.3 Å². The summed E-state index contributed by atoms with van der Waals surface area (Å²) in [5, 5.41) is 22.4. The predicted octanol–water partition coefficient (Wildman–Crippen LogP) is 1.67. The quantitative estimate of drug-likeness (QED) is 0.635. The van der Waals surface area contributed by atoms with Crippen LogP contribution in [-0.2, 0) is 7.05 Å². The molecular weight excluding hydrogens is 413 g/mol. The number of halogens is 1. The van der Waals surface area contributed by atoms with E-state index in [1.807, 2.05) is 11.9 Å². The zero-order chi connectivity index (χ0) is 22.4. The summed E-state index contributed by atoms with van der Waals surface area (Å²) >= 11 is 0. The van der Waals surface area contributed by atoms with Crippen molar-refractivity contribution in [3.63, 3.8) is 0 Å². The van der Waals surface area contributed by atoms with Crippen LogP contribution < -0.4 is 15.9 Å². The first kappa shape index (κ1) is 20.5. The van der Waals surface area contributed by atoms with Crippen molar-refractivity contribution in [2.24, 2.45) is 7.05 Å². The lowest BCUT2D eigenvalue weighted by atomic mass is 9.96. The van der Waals surface area contributed by atoms with Crippen molar-refractivity contribution < 1.29 is 9.50 Å². The van der Waals surface area contributed by atoms with Crippen molar-refractivity contribution in [3.05, 3.63) is 47.1 Å². The lowest BCUT2D eigenvalue weighted by Gasteiger charge is -2.38. The molecule has 0 saturated carbocycles. The average molecular weight is 437 g/mol. The number of benzene rings is 1. The normalized spacial score (nSPS) is 24.5. The van der Waals surface area contributed by atoms with Gasteiger partial charge in [-0.15, -0.1) is 10.2 Å². The van der Waals surface area contributed by atoms with E-state index in [0.29, 0.717) is 28.7 Å². The van der Waals surface area contributed by atoms with Crippen LogP contribution in [0.3, 0.4) is 0 Å². The fourth-order valence-corrected chi connectivity index (χ4v) is 4.59. The Bertz CT molecular complexity index is 1200. The van der Waals surface area contributed by atoms with Gasteiger partial charge in [-0.05, 0) is 43.5 Å². The Labute approximate surface area is 184 Å². The van der Waals surface area contributed by atoms with Gasteiger partial charge in [-0.1, -0.05) is 6.07 Å². The number of hydrogen-bond donors (Lipinski definition) is 2. The SMILES string of the molecule is CN(c1ccc(-c2ccc(-c3ncn(C)c(=O)n3)cc2O)nn1)[C@@H]1C[C@H]2CC[C@H](N2)[C@@H]1F. The van der Waals surface area contributed by atoms with Gasteiger partial charge in [-0.3, -0.25) is 4.57 Å². The van der Waals surface area contributed by atoms with Crippen molar-refractivity contribution in [2.45, 2.75) is 43.6 Å². The number of anilines is 1. The molecule has 0 radical (unpaired) electrons. The number of aromatic nitrogens is 5. The lowest BCUT2D eigenvalue weighted by Crippen LogP contribution is -2.55. The van der Waals surface area contributed by atoms with Crippen LogP contribution in [0.15, 0.2) is 41.5 Å². The third kappa shape index (κ3) is 3.60. The molecular formula is C22H24FN7O2. The maximum absolute atomic E-state index is 14.9. The number of hydrogen-bond acceptors (Lipinski definition) is 8. The van der Waals surface area contributed by atoms with E-state index < -0.39 is 11.9 Å². The summed E-state index contributed by atoms with van der Waals surface area (Å²) in [6.07, 6.45) is 3.06. The number of phenols is 1. The fraction of sp³-hybridized carbons (Fsp3) is 0.409. The molecule has 0 amide bonds. The summed E-state index contributed by atoms with van der Waals surface area (Å²) in [4.78, 5) is 21.6. The summed E-state index contributed by atoms with van der Waals surface area (Å²) in [5.74, 6) is 0.794. The van der Waals surface area contributed by atoms with E-state index in [9.17, 15) is 14.3 Å². The Morgan fingerprint density at radius 1 is 1.22 bits per heavy atom. The third-order valence-electron chi connectivity index (χ3n) is 6.45. The van der Waals surface area contributed by atoms with Crippen LogP contribution >= 0.6 is 0 Å². The number of piperidine rings is 1. The minimum absolute atomic E-state index is 0.0269. The first-order chi connectivity index (χ1) is 15.4. The summed E-state index contributed by atoms with van der Waals surface area (Å²) in [6, 6.07) is 8.46. The number of phenolic OH excluding ortho intramolecular Hbond substituents is 1. The maximum Gasteiger partial charge on any atom is 0.350 e. The number of rotatable bonds is 4. The monoisotopic (exact) mass is 437 g/mol. The molecule has 166 valence electrons. The zero-order valence-electron chi connectivity index (χ0n) is 17.8. The molecule has 5 rings (SSSR count). The van der Waals surface area contributed by atoms with Crippen LogP contribution in [0.1, 0.15) is 19.3 Å². The van der Waals surface area contributed by atoms with E-state index >= 15 is 0 Å². The summed E-state index contributed by atoms with van der Waals surface area (Å²) < 4.78 is 16.2. The number of aryl methyl sites for hydroxylation is 1. The molecule has 4 atom stereocenters. The second kappa shape index (κ2) is 7.94. The van der Waals surface area contributed by atoms with Crippen molar-refractivity contribution >= 4 is 5.82 Å². The molecule has 0 aliphatic carbocycles. The molecule has 32 heavy (non-hydrogen) atoms. The van der Waals surface area contributed by atoms with Gasteiger partial charge in [0.15, 0.2) is 11.6 Å². The number of aromatic hydroxyl groups is 1. The van der Waals surface area contributed by atoms with Crippen LogP contribution in [0.4, 0.5) is 10.2 Å². The Hall–Kier alpha value is -3.40. The highest BCUT2D eigenvalue weighted by Gasteiger charge is 2.43. The summed E-state index contributed by atoms with van der Waals surface area (Å²) in [6.45, 7) is 0. The van der Waals surface area contributed by atoms with Gasteiger partial charge in [0, 0.05) is 37.3 Å². The molecule has 2 aliphatic heterocycles. The number of nitrogens with one attached hydrogen (secondary N) is 1. The standard InChI is InChI=1S/C22H24FN7O2/c1-29-11-24-21(26-22(29)32)12-3-5-14(18(31)9-12)15-7-8-19(28-27-15)30(2)17-10-13-4-6-16(25-13)20(17)23/h3,5,7-9,11,13,16-17,20,25,31H,4,6,10H2,1-2H3/t13-,16+,17-,20+/m1/s1. The molecule has 4 heterocycles. The van der Waals surface area contributed by atoms with E-state index in [0.717, 1.165) is 19.3 Å². The molecule has 2 aromatic heterocycles. The van der Waals surface area contributed by atoms with E-state index in [-0.39, 0.29) is 23.7 Å². The first-order valence-electron chi connectivity index (χ1n) is 10.6. The summed E-state index contributed by atoms with van der Waals surface area (Å²) in [7, 11) is 3.41. The maximum atomic E-state index is 14.9. The lowest BCUT2D eigenvalue weighted by molar-refractivity contribution is 0.176. The molecule has 2 aliphatic rings. The molecule has 2 N–H and O–H groups in total. The van der Waals surface area contributed by atoms with Gasteiger partial charge in [0.25, 0.3) is 0 Å². The van der Waals surface area contributed by atoms with Gasteiger partial charge in [-0.25, -0.2) is 14.2 Å².